The lowest BCUT2D eigenvalue weighted by Crippen LogP contribution is -2.36. The van der Waals surface area contributed by atoms with Gasteiger partial charge in [-0.1, -0.05) is 30.3 Å². The summed E-state index contributed by atoms with van der Waals surface area (Å²) in [7, 11) is -3.28. The number of sulfone groups is 1. The van der Waals surface area contributed by atoms with E-state index < -0.39 is 22.1 Å². The van der Waals surface area contributed by atoms with Gasteiger partial charge in [-0.05, 0) is 5.56 Å². The van der Waals surface area contributed by atoms with Crippen molar-refractivity contribution in [2.45, 2.75) is 12.2 Å². The van der Waals surface area contributed by atoms with E-state index in [0.29, 0.717) is 0 Å². The van der Waals surface area contributed by atoms with Gasteiger partial charge in [0, 0.05) is 12.8 Å². The second-order valence-electron chi connectivity index (χ2n) is 3.97. The zero-order chi connectivity index (χ0) is 13.8. The van der Waals surface area contributed by atoms with Gasteiger partial charge in [0.2, 0.25) is 0 Å². The average Bonchev–Trinajstić information content (AvgIpc) is 2.22. The van der Waals surface area contributed by atoms with Crippen LogP contribution in [0.4, 0.5) is 13.2 Å². The molecule has 1 aromatic carbocycles. The molecule has 0 heterocycles. The monoisotopic (exact) mass is 281 g/mol. The third kappa shape index (κ3) is 5.05. The number of nitrogens with one attached hydrogen (secondary N) is 1. The Balaban J connectivity index is 2.76. The number of rotatable bonds is 5. The van der Waals surface area contributed by atoms with Gasteiger partial charge in [0.25, 0.3) is 0 Å². The van der Waals surface area contributed by atoms with Crippen LogP contribution in [0.5, 0.6) is 0 Å². The largest absolute Gasteiger partial charge is 0.407 e. The maximum atomic E-state index is 12.8. The summed E-state index contributed by atoms with van der Waals surface area (Å²) in [5.74, 6) is -0.327. The van der Waals surface area contributed by atoms with Gasteiger partial charge >= 0.3 is 6.18 Å². The van der Waals surface area contributed by atoms with E-state index >= 15 is 0 Å². The minimum atomic E-state index is -4.46. The Morgan fingerprint density at radius 3 is 2.22 bits per heavy atom. The van der Waals surface area contributed by atoms with E-state index in [4.69, 9.17) is 0 Å². The highest BCUT2D eigenvalue weighted by atomic mass is 32.2. The summed E-state index contributed by atoms with van der Waals surface area (Å²) in [6.45, 7) is -0.238. The van der Waals surface area contributed by atoms with Crippen molar-refractivity contribution in [3.8, 4) is 0 Å². The fourth-order valence-electron chi connectivity index (χ4n) is 1.46. The molecule has 1 atom stereocenters. The van der Waals surface area contributed by atoms with Crippen molar-refractivity contribution in [2.24, 2.45) is 0 Å². The van der Waals surface area contributed by atoms with Gasteiger partial charge in [-0.3, -0.25) is 0 Å². The van der Waals surface area contributed by atoms with Crippen LogP contribution < -0.4 is 5.32 Å². The van der Waals surface area contributed by atoms with E-state index in [1.807, 2.05) is 0 Å². The fourth-order valence-corrected chi connectivity index (χ4v) is 1.95. The highest BCUT2D eigenvalue weighted by Gasteiger charge is 2.40. The van der Waals surface area contributed by atoms with Crippen LogP contribution in [-0.4, -0.2) is 33.1 Å². The second kappa shape index (κ2) is 5.71. The maximum absolute atomic E-state index is 12.8. The lowest BCUT2D eigenvalue weighted by Gasteiger charge is -2.21. The van der Waals surface area contributed by atoms with Gasteiger partial charge in [-0.25, -0.2) is 8.42 Å². The Kier molecular flexibility index (Phi) is 4.75. The zero-order valence-corrected chi connectivity index (χ0v) is 10.6. The molecule has 0 fully saturated rings. The third-order valence-corrected chi connectivity index (χ3v) is 3.23. The van der Waals surface area contributed by atoms with E-state index in [0.717, 1.165) is 6.26 Å². The first kappa shape index (κ1) is 15.0. The summed E-state index contributed by atoms with van der Waals surface area (Å²) in [6.07, 6.45) is -3.47. The molecule has 0 radical (unpaired) electrons. The van der Waals surface area contributed by atoms with Crippen LogP contribution in [0.3, 0.4) is 0 Å². The van der Waals surface area contributed by atoms with Gasteiger partial charge in [-0.15, -0.1) is 0 Å². The highest BCUT2D eigenvalue weighted by Crippen LogP contribution is 2.32. The molecule has 0 aromatic heterocycles. The molecule has 0 spiro atoms. The van der Waals surface area contributed by atoms with Crippen molar-refractivity contribution in [2.75, 3.05) is 18.6 Å². The average molecular weight is 281 g/mol. The maximum Gasteiger partial charge on any atom is 0.407 e. The van der Waals surface area contributed by atoms with Gasteiger partial charge in [0.1, 0.15) is 15.9 Å². The number of halogens is 3. The van der Waals surface area contributed by atoms with Crippen molar-refractivity contribution >= 4 is 9.84 Å². The Morgan fingerprint density at radius 1 is 1.22 bits per heavy atom. The minimum Gasteiger partial charge on any atom is -0.301 e. The SMILES string of the molecule is CS(=O)(=O)CCNC(c1ccccc1)C(F)(F)F. The van der Waals surface area contributed by atoms with Gasteiger partial charge in [0.05, 0.1) is 5.75 Å². The first-order valence-electron chi connectivity index (χ1n) is 5.23. The molecule has 0 bridgehead atoms. The minimum absolute atomic E-state index is 0.0681. The molecular weight excluding hydrogens is 267 g/mol. The van der Waals surface area contributed by atoms with E-state index in [1.54, 1.807) is 6.07 Å². The summed E-state index contributed by atoms with van der Waals surface area (Å²) >= 11 is 0. The Labute approximate surface area is 104 Å². The molecule has 18 heavy (non-hydrogen) atoms. The third-order valence-electron chi connectivity index (χ3n) is 2.28. The summed E-state index contributed by atoms with van der Waals surface area (Å²) in [6, 6.07) is 5.49. The molecule has 102 valence electrons. The quantitative estimate of drug-likeness (QED) is 0.897. The Hall–Kier alpha value is -1.08. The standard InChI is InChI=1S/C11H14F3NO2S/c1-18(16,17)8-7-15-10(11(12,13)14)9-5-3-2-4-6-9/h2-6,10,15H,7-8H2,1H3. The van der Waals surface area contributed by atoms with E-state index in [-0.39, 0.29) is 17.9 Å². The first-order chi connectivity index (χ1) is 8.20. The van der Waals surface area contributed by atoms with Crippen LogP contribution in [0.25, 0.3) is 0 Å². The molecule has 0 saturated carbocycles. The number of alkyl halides is 3. The molecule has 1 aromatic rings. The second-order valence-corrected chi connectivity index (χ2v) is 6.23. The molecule has 1 unspecified atom stereocenters. The van der Waals surface area contributed by atoms with Crippen molar-refractivity contribution < 1.29 is 21.6 Å². The number of hydrogen-bond donors (Lipinski definition) is 1. The molecule has 7 heteroatoms. The van der Waals surface area contributed by atoms with Gasteiger partial charge in [0.15, 0.2) is 0 Å². The molecule has 0 amide bonds. The van der Waals surface area contributed by atoms with Crippen LogP contribution in [0.1, 0.15) is 11.6 Å². The van der Waals surface area contributed by atoms with Gasteiger partial charge in [-0.2, -0.15) is 13.2 Å². The molecule has 0 aliphatic rings. The predicted octanol–water partition coefficient (Wildman–Crippen LogP) is 1.92. The molecule has 0 aliphatic heterocycles. The van der Waals surface area contributed by atoms with E-state index in [1.165, 1.54) is 24.3 Å². The highest BCUT2D eigenvalue weighted by molar-refractivity contribution is 7.90. The van der Waals surface area contributed by atoms with Crippen LogP contribution in [0.15, 0.2) is 30.3 Å². The molecule has 0 saturated heterocycles. The smallest absolute Gasteiger partial charge is 0.301 e. The molecule has 3 nitrogen and oxygen atoms in total. The van der Waals surface area contributed by atoms with Crippen molar-refractivity contribution in [3.63, 3.8) is 0 Å². The van der Waals surface area contributed by atoms with Crippen LogP contribution in [-0.2, 0) is 9.84 Å². The fraction of sp³-hybridized carbons (Fsp3) is 0.455. The van der Waals surface area contributed by atoms with Crippen LogP contribution in [0.2, 0.25) is 0 Å². The van der Waals surface area contributed by atoms with Crippen molar-refractivity contribution in [3.05, 3.63) is 35.9 Å². The zero-order valence-electron chi connectivity index (χ0n) is 9.74. The van der Waals surface area contributed by atoms with Crippen molar-refractivity contribution in [1.29, 1.82) is 0 Å². The predicted molar refractivity (Wildman–Crippen MR) is 63.0 cm³/mol. The summed E-state index contributed by atoms with van der Waals surface area (Å²) < 4.78 is 60.2. The molecule has 0 aliphatic carbocycles. The summed E-state index contributed by atoms with van der Waals surface area (Å²) in [4.78, 5) is 0. The lowest BCUT2D eigenvalue weighted by molar-refractivity contribution is -0.157. The normalized spacial score (nSPS) is 14.4. The first-order valence-corrected chi connectivity index (χ1v) is 7.29. The summed E-state index contributed by atoms with van der Waals surface area (Å²) in [5.41, 5.74) is 0.0681. The van der Waals surface area contributed by atoms with Crippen LogP contribution >= 0.6 is 0 Å². The van der Waals surface area contributed by atoms with E-state index in [2.05, 4.69) is 5.32 Å². The molecular formula is C11H14F3NO2S. The molecule has 1 N–H and O–H groups in total. The van der Waals surface area contributed by atoms with E-state index in [9.17, 15) is 21.6 Å². The Bertz CT molecular complexity index is 471. The number of hydrogen-bond acceptors (Lipinski definition) is 3. The lowest BCUT2D eigenvalue weighted by atomic mass is 10.1. The van der Waals surface area contributed by atoms with Gasteiger partial charge < -0.3 is 5.32 Å². The topological polar surface area (TPSA) is 46.2 Å². The van der Waals surface area contributed by atoms with Crippen LogP contribution in [0, 0.1) is 0 Å². The summed E-state index contributed by atoms with van der Waals surface area (Å²) in [5, 5.41) is 2.23. The Morgan fingerprint density at radius 2 is 1.78 bits per heavy atom. The van der Waals surface area contributed by atoms with Crippen molar-refractivity contribution in [1.82, 2.24) is 5.32 Å². The number of benzene rings is 1. The molecule has 1 rings (SSSR count).